The van der Waals surface area contributed by atoms with Gasteiger partial charge in [0.2, 0.25) is 0 Å². The zero-order valence-electron chi connectivity index (χ0n) is 23.9. The van der Waals surface area contributed by atoms with Crippen molar-refractivity contribution in [2.75, 3.05) is 6.61 Å². The fourth-order valence-corrected chi connectivity index (χ4v) is 6.25. The van der Waals surface area contributed by atoms with Gasteiger partial charge in [0.25, 0.3) is 5.56 Å². The Morgan fingerprint density at radius 1 is 1.12 bits per heavy atom. The van der Waals surface area contributed by atoms with E-state index in [0.717, 1.165) is 22.6 Å². The van der Waals surface area contributed by atoms with Crippen molar-refractivity contribution in [1.82, 2.24) is 9.13 Å². The topological polar surface area (TPSA) is 74.8 Å². The third-order valence-electron chi connectivity index (χ3n) is 6.94. The number of esters is 1. The maximum Gasteiger partial charge on any atom is 0.338 e. The molecule has 0 aliphatic carbocycles. The molecule has 2 aromatic carbocycles. The van der Waals surface area contributed by atoms with Gasteiger partial charge in [0.15, 0.2) is 4.80 Å². The molecule has 0 spiro atoms. The second-order valence-electron chi connectivity index (χ2n) is 10.1. The van der Waals surface area contributed by atoms with E-state index in [0.29, 0.717) is 31.9 Å². The monoisotopic (exact) mass is 573 g/mol. The molecule has 5 rings (SSSR count). The van der Waals surface area contributed by atoms with Gasteiger partial charge in [-0.2, -0.15) is 0 Å². The van der Waals surface area contributed by atoms with E-state index in [9.17, 15) is 14.0 Å². The minimum atomic E-state index is -0.769. The fraction of sp³-hybridized carbons (Fsp3) is 0.281. The number of carbonyl (C=O) groups excluding carboxylic acids is 1. The predicted octanol–water partition coefficient (Wildman–Crippen LogP) is 5.13. The van der Waals surface area contributed by atoms with Crippen LogP contribution >= 0.6 is 11.3 Å². The van der Waals surface area contributed by atoms with E-state index in [1.165, 1.54) is 23.5 Å². The molecule has 1 atom stereocenters. The van der Waals surface area contributed by atoms with Crippen LogP contribution < -0.4 is 19.6 Å². The highest BCUT2D eigenvalue weighted by molar-refractivity contribution is 7.07. The van der Waals surface area contributed by atoms with E-state index >= 15 is 0 Å². The number of aromatic nitrogens is 2. The molecule has 0 amide bonds. The Labute approximate surface area is 241 Å². The number of carbonyl (C=O) groups is 1. The zero-order chi connectivity index (χ0) is 29.4. The quantitative estimate of drug-likeness (QED) is 0.287. The highest BCUT2D eigenvalue weighted by atomic mass is 32.1. The summed E-state index contributed by atoms with van der Waals surface area (Å²) >= 11 is 1.27. The van der Waals surface area contributed by atoms with Crippen molar-refractivity contribution in [3.8, 4) is 11.4 Å². The summed E-state index contributed by atoms with van der Waals surface area (Å²) in [4.78, 5) is 32.5. The smallest absolute Gasteiger partial charge is 0.338 e. The Morgan fingerprint density at radius 3 is 2.51 bits per heavy atom. The first-order valence-electron chi connectivity index (χ1n) is 13.5. The van der Waals surface area contributed by atoms with Gasteiger partial charge in [0.05, 0.1) is 28.5 Å². The SMILES string of the molecule is CCOC(=O)C1=C(C)N=c2sc(=Cc3cc(C)n(-c4ccc(F)cc4)c3C)c(=O)n2C1c1ccccc1OC(C)C. The van der Waals surface area contributed by atoms with Crippen molar-refractivity contribution in [1.29, 1.82) is 0 Å². The average Bonchev–Trinajstić information content (AvgIpc) is 3.38. The molecular formula is C32H32FN3O4S. The number of hydrogen-bond acceptors (Lipinski definition) is 6. The number of aryl methyl sites for hydroxylation is 1. The van der Waals surface area contributed by atoms with E-state index in [1.807, 2.05) is 68.7 Å². The average molecular weight is 574 g/mol. The molecule has 0 bridgehead atoms. The Kier molecular flexibility index (Phi) is 7.82. The number of benzene rings is 2. The van der Waals surface area contributed by atoms with Gasteiger partial charge in [-0.05, 0) is 89.6 Å². The normalized spacial score (nSPS) is 15.2. The number of ether oxygens (including phenoxy) is 2. The van der Waals surface area contributed by atoms with Crippen molar-refractivity contribution in [2.24, 2.45) is 4.99 Å². The standard InChI is InChI=1S/C32H32FN3O4S/c1-7-39-31(38)28-20(5)34-32-36(29(28)25-10-8-9-11-26(25)40-18(2)3)30(37)27(41-32)17-22-16-19(4)35(21(22)6)24-14-12-23(33)13-15-24/h8-18,29H,7H2,1-6H3. The largest absolute Gasteiger partial charge is 0.491 e. The summed E-state index contributed by atoms with van der Waals surface area (Å²) in [5.41, 5.74) is 4.77. The minimum Gasteiger partial charge on any atom is -0.491 e. The molecule has 212 valence electrons. The molecule has 9 heteroatoms. The van der Waals surface area contributed by atoms with E-state index < -0.39 is 12.0 Å². The lowest BCUT2D eigenvalue weighted by molar-refractivity contribution is -0.139. The molecular weight excluding hydrogens is 541 g/mol. The number of para-hydroxylation sites is 1. The van der Waals surface area contributed by atoms with Crippen LogP contribution in [0.5, 0.6) is 5.75 Å². The van der Waals surface area contributed by atoms with E-state index in [4.69, 9.17) is 9.47 Å². The Hall–Kier alpha value is -4.24. The molecule has 2 aromatic heterocycles. The summed E-state index contributed by atoms with van der Waals surface area (Å²) in [5.74, 6) is -0.235. The summed E-state index contributed by atoms with van der Waals surface area (Å²) in [6.07, 6.45) is 1.74. The number of nitrogens with zero attached hydrogens (tertiary/aromatic N) is 3. The first-order valence-corrected chi connectivity index (χ1v) is 14.3. The number of rotatable bonds is 7. The second-order valence-corrected chi connectivity index (χ2v) is 11.2. The van der Waals surface area contributed by atoms with Crippen LogP contribution in [0, 0.1) is 19.7 Å². The van der Waals surface area contributed by atoms with Crippen LogP contribution in [0.1, 0.15) is 56.3 Å². The Morgan fingerprint density at radius 2 is 1.83 bits per heavy atom. The van der Waals surface area contributed by atoms with Crippen molar-refractivity contribution < 1.29 is 18.7 Å². The van der Waals surface area contributed by atoms with Crippen LogP contribution in [0.2, 0.25) is 0 Å². The van der Waals surface area contributed by atoms with Gasteiger partial charge in [-0.15, -0.1) is 0 Å². The van der Waals surface area contributed by atoms with Gasteiger partial charge < -0.3 is 14.0 Å². The van der Waals surface area contributed by atoms with Crippen molar-refractivity contribution in [3.63, 3.8) is 0 Å². The highest BCUT2D eigenvalue weighted by Gasteiger charge is 2.35. The third kappa shape index (κ3) is 5.29. The minimum absolute atomic E-state index is 0.112. The fourth-order valence-electron chi connectivity index (χ4n) is 5.22. The molecule has 7 nitrogen and oxygen atoms in total. The molecule has 3 heterocycles. The lowest BCUT2D eigenvalue weighted by atomic mass is 9.95. The number of allylic oxidation sites excluding steroid dienone is 1. The van der Waals surface area contributed by atoms with E-state index in [2.05, 4.69) is 4.99 Å². The predicted molar refractivity (Wildman–Crippen MR) is 158 cm³/mol. The van der Waals surface area contributed by atoms with Gasteiger partial charge in [-0.3, -0.25) is 9.36 Å². The van der Waals surface area contributed by atoms with Gasteiger partial charge >= 0.3 is 5.97 Å². The number of halogens is 1. The molecule has 1 aliphatic heterocycles. The van der Waals surface area contributed by atoms with Crippen LogP contribution in [-0.4, -0.2) is 27.8 Å². The summed E-state index contributed by atoms with van der Waals surface area (Å²) in [6.45, 7) is 11.5. The zero-order valence-corrected chi connectivity index (χ0v) is 24.7. The van der Waals surface area contributed by atoms with Crippen molar-refractivity contribution in [3.05, 3.63) is 114 Å². The Bertz CT molecular complexity index is 1840. The van der Waals surface area contributed by atoms with Crippen LogP contribution in [0.15, 0.2) is 75.7 Å². The third-order valence-corrected chi connectivity index (χ3v) is 7.92. The van der Waals surface area contributed by atoms with Gasteiger partial charge in [-0.25, -0.2) is 14.2 Å². The van der Waals surface area contributed by atoms with Crippen LogP contribution in [-0.2, 0) is 9.53 Å². The van der Waals surface area contributed by atoms with Crippen LogP contribution in [0.25, 0.3) is 11.8 Å². The molecule has 4 aromatic rings. The molecule has 0 saturated heterocycles. The molecule has 0 fully saturated rings. The first kappa shape index (κ1) is 28.3. The summed E-state index contributed by atoms with van der Waals surface area (Å²) in [7, 11) is 0. The second kappa shape index (κ2) is 11.3. The summed E-state index contributed by atoms with van der Waals surface area (Å²) < 4.78 is 29.1. The van der Waals surface area contributed by atoms with Gasteiger partial charge in [-0.1, -0.05) is 29.5 Å². The highest BCUT2D eigenvalue weighted by Crippen LogP contribution is 2.36. The molecule has 0 radical (unpaired) electrons. The Balaban J connectivity index is 1.71. The first-order chi connectivity index (χ1) is 19.6. The number of hydrogen-bond donors (Lipinski definition) is 0. The van der Waals surface area contributed by atoms with Crippen LogP contribution in [0.3, 0.4) is 0 Å². The van der Waals surface area contributed by atoms with Crippen molar-refractivity contribution in [2.45, 2.75) is 53.7 Å². The summed E-state index contributed by atoms with van der Waals surface area (Å²) in [6, 6.07) is 15.0. The molecule has 1 unspecified atom stereocenters. The van der Waals surface area contributed by atoms with Gasteiger partial charge in [0, 0.05) is 22.6 Å². The van der Waals surface area contributed by atoms with Crippen molar-refractivity contribution >= 4 is 23.4 Å². The molecule has 1 aliphatic rings. The molecule has 41 heavy (non-hydrogen) atoms. The summed E-state index contributed by atoms with van der Waals surface area (Å²) in [5, 5.41) is 0. The van der Waals surface area contributed by atoms with Gasteiger partial charge in [0.1, 0.15) is 17.6 Å². The molecule has 0 N–H and O–H groups in total. The van der Waals surface area contributed by atoms with E-state index in [-0.39, 0.29) is 24.1 Å². The molecule has 0 saturated carbocycles. The van der Waals surface area contributed by atoms with Crippen LogP contribution in [0.4, 0.5) is 4.39 Å². The van der Waals surface area contributed by atoms with E-state index in [1.54, 1.807) is 30.5 Å². The maximum atomic E-state index is 14.1. The number of thiazole rings is 1. The maximum absolute atomic E-state index is 14.1. The lowest BCUT2D eigenvalue weighted by Crippen LogP contribution is -2.40. The lowest BCUT2D eigenvalue weighted by Gasteiger charge is -2.26. The number of fused-ring (bicyclic) bond motifs is 1.